The number of hydrogen-bond donors (Lipinski definition) is 2. The molecule has 3 N–H and O–H groups in total. The highest BCUT2D eigenvalue weighted by Gasteiger charge is 2.27. The fourth-order valence-electron chi connectivity index (χ4n) is 3.42. The summed E-state index contributed by atoms with van der Waals surface area (Å²) in [5.74, 6) is 0.402. The highest BCUT2D eigenvalue weighted by atomic mass is 32.2. The van der Waals surface area contributed by atoms with Crippen LogP contribution in [0.5, 0.6) is 5.75 Å². The highest BCUT2D eigenvalue weighted by molar-refractivity contribution is 7.89. The molecule has 0 radical (unpaired) electrons. The van der Waals surface area contributed by atoms with Crippen LogP contribution in [0.1, 0.15) is 30.4 Å². The number of piperidine rings is 1. The maximum Gasteiger partial charge on any atom is 0.259 e. The molecular weight excluding hydrogens is 358 g/mol. The molecule has 0 bridgehead atoms. The Morgan fingerprint density at radius 1 is 1.42 bits per heavy atom. The van der Waals surface area contributed by atoms with E-state index < -0.39 is 10.0 Å². The number of aliphatic hydroxyl groups excluding tert-OH is 1. The number of carbonyl (C=O) groups is 1. The Balaban J connectivity index is 1.69. The zero-order valence-electron chi connectivity index (χ0n) is 14.4. The van der Waals surface area contributed by atoms with Crippen LogP contribution in [-0.2, 0) is 20.6 Å². The molecule has 142 valence electrons. The lowest BCUT2D eigenvalue weighted by molar-refractivity contribution is -0.133. The number of carbonyl (C=O) groups excluding carboxylic acids is 1. The third-order valence-corrected chi connectivity index (χ3v) is 5.77. The maximum absolute atomic E-state index is 11.9. The molecule has 1 atom stereocenters. The molecule has 1 amide bonds. The van der Waals surface area contributed by atoms with Crippen LogP contribution < -0.4 is 10.5 Å². The van der Waals surface area contributed by atoms with Crippen LogP contribution in [0.25, 0.3) is 0 Å². The number of fused-ring (bicyclic) bond motifs is 1. The van der Waals surface area contributed by atoms with E-state index in [-0.39, 0.29) is 36.4 Å². The fraction of sp³-hybridized carbons (Fsp3) is 0.529. The van der Waals surface area contributed by atoms with Crippen LogP contribution in [-0.4, -0.2) is 56.5 Å². The van der Waals surface area contributed by atoms with Crippen LogP contribution in [0.2, 0.25) is 0 Å². The van der Waals surface area contributed by atoms with Gasteiger partial charge in [-0.1, -0.05) is 12.1 Å². The van der Waals surface area contributed by atoms with Crippen LogP contribution in [0.15, 0.2) is 22.6 Å². The number of hydrogen-bond acceptors (Lipinski definition) is 6. The summed E-state index contributed by atoms with van der Waals surface area (Å²) in [4.78, 5) is 13.7. The maximum atomic E-state index is 11.9. The predicted octanol–water partition coefficient (Wildman–Crippen LogP) is 0.235. The van der Waals surface area contributed by atoms with E-state index in [1.54, 1.807) is 23.1 Å². The Kier molecular flexibility index (Phi) is 5.47. The van der Waals surface area contributed by atoms with E-state index in [1.165, 1.54) is 0 Å². The first-order valence-electron chi connectivity index (χ1n) is 8.61. The van der Waals surface area contributed by atoms with Crippen LogP contribution in [0.4, 0.5) is 0 Å². The van der Waals surface area contributed by atoms with E-state index in [0.717, 1.165) is 12.8 Å². The van der Waals surface area contributed by atoms with Gasteiger partial charge in [0.2, 0.25) is 5.91 Å². The van der Waals surface area contributed by atoms with Crippen molar-refractivity contribution in [3.05, 3.63) is 29.3 Å². The van der Waals surface area contributed by atoms with Crippen LogP contribution in [0, 0.1) is 5.92 Å². The Morgan fingerprint density at radius 3 is 3.00 bits per heavy atom. The van der Waals surface area contributed by atoms with Crippen LogP contribution >= 0.6 is 0 Å². The van der Waals surface area contributed by atoms with Gasteiger partial charge in [0.1, 0.15) is 11.6 Å². The van der Waals surface area contributed by atoms with E-state index in [2.05, 4.69) is 4.40 Å². The Bertz CT molecular complexity index is 822. The average molecular weight is 381 g/mol. The molecule has 1 aromatic rings. The smallest absolute Gasteiger partial charge is 0.259 e. The molecule has 1 aromatic carbocycles. The molecule has 1 saturated heterocycles. The number of ether oxygens (including phenoxy) is 1. The third-order valence-electron chi connectivity index (χ3n) is 4.62. The standard InChI is InChI=1S/C17H23N3O5S/c18-17-16-13(11-26(23,24)19-17)4-1-5-14(16)25-10-12-3-2-7-20(9-12)15(22)6-8-21/h1,4-5,12,21H,2-3,6-11H2,(H2,18,19)/t12-/m0/s1. The van der Waals surface area contributed by atoms with E-state index in [9.17, 15) is 13.2 Å². The van der Waals surface area contributed by atoms with Crippen molar-refractivity contribution in [3.63, 3.8) is 0 Å². The zero-order valence-corrected chi connectivity index (χ0v) is 15.2. The number of nitrogens with two attached hydrogens (primary N) is 1. The van der Waals surface area contributed by atoms with Gasteiger partial charge in [0.25, 0.3) is 10.0 Å². The molecule has 2 aliphatic rings. The summed E-state index contributed by atoms with van der Waals surface area (Å²) in [6, 6.07) is 5.19. The van der Waals surface area contributed by atoms with E-state index in [1.807, 2.05) is 0 Å². The first kappa shape index (κ1) is 18.7. The van der Waals surface area contributed by atoms with Crippen molar-refractivity contribution in [3.8, 4) is 5.75 Å². The number of benzene rings is 1. The molecule has 26 heavy (non-hydrogen) atoms. The van der Waals surface area contributed by atoms with Gasteiger partial charge in [-0.2, -0.15) is 0 Å². The van der Waals surface area contributed by atoms with E-state index >= 15 is 0 Å². The lowest BCUT2D eigenvalue weighted by Gasteiger charge is -2.33. The second-order valence-electron chi connectivity index (χ2n) is 6.63. The number of amides is 1. The largest absolute Gasteiger partial charge is 0.492 e. The number of nitrogens with zero attached hydrogens (tertiary/aromatic N) is 2. The average Bonchev–Trinajstić information content (AvgIpc) is 2.59. The van der Waals surface area contributed by atoms with Crippen molar-refractivity contribution in [2.45, 2.75) is 25.0 Å². The summed E-state index contributed by atoms with van der Waals surface area (Å²) < 4.78 is 33.0. The van der Waals surface area contributed by atoms with Gasteiger partial charge in [0.05, 0.1) is 24.5 Å². The number of amidine groups is 1. The molecule has 9 heteroatoms. The van der Waals surface area contributed by atoms with E-state index in [0.29, 0.717) is 36.6 Å². The zero-order chi connectivity index (χ0) is 18.7. The molecule has 0 aromatic heterocycles. The second kappa shape index (κ2) is 7.63. The van der Waals surface area contributed by atoms with Crippen molar-refractivity contribution in [2.24, 2.45) is 16.0 Å². The minimum atomic E-state index is -3.58. The van der Waals surface area contributed by atoms with Gasteiger partial charge < -0.3 is 20.5 Å². The van der Waals surface area contributed by atoms with Gasteiger partial charge >= 0.3 is 0 Å². The number of likely N-dealkylation sites (tertiary alicyclic amines) is 1. The Hall–Kier alpha value is -2.13. The molecule has 0 saturated carbocycles. The van der Waals surface area contributed by atoms with Crippen LogP contribution in [0.3, 0.4) is 0 Å². The summed E-state index contributed by atoms with van der Waals surface area (Å²) in [6.45, 7) is 1.55. The van der Waals surface area contributed by atoms with Crippen molar-refractivity contribution in [1.82, 2.24) is 4.90 Å². The number of rotatable bonds is 5. The molecule has 3 rings (SSSR count). The summed E-state index contributed by atoms with van der Waals surface area (Å²) in [5.41, 5.74) is 6.96. The Labute approximate surface area is 152 Å². The van der Waals surface area contributed by atoms with Crippen molar-refractivity contribution in [1.29, 1.82) is 0 Å². The number of sulfonamides is 1. The van der Waals surface area contributed by atoms with Crippen molar-refractivity contribution in [2.75, 3.05) is 26.3 Å². The predicted molar refractivity (Wildman–Crippen MR) is 96.3 cm³/mol. The molecule has 8 nitrogen and oxygen atoms in total. The first-order chi connectivity index (χ1) is 12.4. The van der Waals surface area contributed by atoms with Gasteiger partial charge in [-0.15, -0.1) is 4.40 Å². The quantitative estimate of drug-likeness (QED) is 0.753. The third kappa shape index (κ3) is 4.16. The van der Waals surface area contributed by atoms with Gasteiger partial charge in [-0.25, -0.2) is 8.42 Å². The lowest BCUT2D eigenvalue weighted by atomic mass is 9.98. The van der Waals surface area contributed by atoms with Gasteiger partial charge in [0.15, 0.2) is 0 Å². The number of aliphatic hydroxyl groups is 1. The summed E-state index contributed by atoms with van der Waals surface area (Å²) in [6.07, 6.45) is 1.97. The monoisotopic (exact) mass is 381 g/mol. The highest BCUT2D eigenvalue weighted by Crippen LogP contribution is 2.29. The SMILES string of the molecule is NC1=NS(=O)(=O)Cc2cccc(OC[C@H]3CCCN(C(=O)CCO)C3)c21. The summed E-state index contributed by atoms with van der Waals surface area (Å²) in [7, 11) is -3.58. The summed E-state index contributed by atoms with van der Waals surface area (Å²) in [5, 5.41) is 8.92. The molecule has 0 spiro atoms. The molecule has 1 fully saturated rings. The Morgan fingerprint density at radius 2 is 2.23 bits per heavy atom. The fourth-order valence-corrected chi connectivity index (χ4v) is 4.51. The minimum Gasteiger partial charge on any atom is -0.492 e. The topological polar surface area (TPSA) is 122 Å². The molecule has 0 aliphatic carbocycles. The van der Waals surface area contributed by atoms with Crippen molar-refractivity contribution < 1.29 is 23.1 Å². The second-order valence-corrected chi connectivity index (χ2v) is 8.26. The minimum absolute atomic E-state index is 0.0455. The van der Waals surface area contributed by atoms with Crippen molar-refractivity contribution >= 4 is 21.8 Å². The van der Waals surface area contributed by atoms with Gasteiger partial charge in [-0.05, 0) is 24.5 Å². The summed E-state index contributed by atoms with van der Waals surface area (Å²) >= 11 is 0. The van der Waals surface area contributed by atoms with Gasteiger partial charge in [-0.3, -0.25) is 4.79 Å². The normalized spacial score (nSPS) is 21.7. The molecule has 2 aliphatic heterocycles. The molecular formula is C17H23N3O5S. The van der Waals surface area contributed by atoms with Gasteiger partial charge in [0, 0.05) is 25.4 Å². The molecule has 2 heterocycles. The lowest BCUT2D eigenvalue weighted by Crippen LogP contribution is -2.41. The first-order valence-corrected chi connectivity index (χ1v) is 10.2. The van der Waals surface area contributed by atoms with E-state index in [4.69, 9.17) is 15.6 Å². The molecule has 0 unspecified atom stereocenters.